The highest BCUT2D eigenvalue weighted by atomic mass is 35.5. The smallest absolute Gasteiger partial charge is 0.226 e. The van der Waals surface area contributed by atoms with Gasteiger partial charge < -0.3 is 15.1 Å². The number of likely N-dealkylation sites (tertiary alicyclic amines) is 1. The third kappa shape index (κ3) is 6.15. The number of halogens is 1. The zero-order valence-electron chi connectivity index (χ0n) is 17.3. The van der Waals surface area contributed by atoms with Gasteiger partial charge in [0.15, 0.2) is 6.29 Å². The molecule has 7 heteroatoms. The van der Waals surface area contributed by atoms with Crippen LogP contribution in [0.25, 0.3) is 0 Å². The number of aromatic nitrogens is 2. The number of aldehydes is 1. The molecule has 0 atom stereocenters. The SMILES string of the molecule is CNc1cccc(Cl)c1.Cc1cc(C=O)nc(N2CCC(N3CCCC3)CC2)n1. The van der Waals surface area contributed by atoms with Crippen molar-refractivity contribution in [2.45, 2.75) is 38.6 Å². The summed E-state index contributed by atoms with van der Waals surface area (Å²) in [4.78, 5) is 24.6. The third-order valence-electron chi connectivity index (χ3n) is 5.50. The molecule has 2 aromatic rings. The fourth-order valence-electron chi connectivity index (χ4n) is 3.96. The fourth-order valence-corrected chi connectivity index (χ4v) is 4.15. The number of nitrogens with zero attached hydrogens (tertiary/aromatic N) is 4. The van der Waals surface area contributed by atoms with E-state index in [0.717, 1.165) is 41.8 Å². The molecule has 2 aliphatic rings. The average Bonchev–Trinajstić information content (AvgIpc) is 3.29. The van der Waals surface area contributed by atoms with E-state index in [-0.39, 0.29) is 0 Å². The molecule has 6 nitrogen and oxygen atoms in total. The Morgan fingerprint density at radius 3 is 2.41 bits per heavy atom. The molecule has 2 saturated heterocycles. The molecule has 4 rings (SSSR count). The number of hydrogen-bond acceptors (Lipinski definition) is 6. The first-order chi connectivity index (χ1) is 14.1. The molecular formula is C22H30ClN5O. The lowest BCUT2D eigenvalue weighted by atomic mass is 10.0. The molecule has 2 fully saturated rings. The minimum absolute atomic E-state index is 0.481. The Morgan fingerprint density at radius 2 is 1.83 bits per heavy atom. The molecule has 156 valence electrons. The van der Waals surface area contributed by atoms with Crippen LogP contribution in [0.5, 0.6) is 0 Å². The molecule has 29 heavy (non-hydrogen) atoms. The van der Waals surface area contributed by atoms with Crippen molar-refractivity contribution in [3.63, 3.8) is 0 Å². The van der Waals surface area contributed by atoms with Gasteiger partial charge in [0.05, 0.1) is 0 Å². The Morgan fingerprint density at radius 1 is 1.10 bits per heavy atom. The number of carbonyl (C=O) groups excluding carboxylic acids is 1. The van der Waals surface area contributed by atoms with Gasteiger partial charge >= 0.3 is 0 Å². The zero-order valence-corrected chi connectivity index (χ0v) is 18.0. The van der Waals surface area contributed by atoms with Crippen LogP contribution in [0.2, 0.25) is 5.02 Å². The van der Waals surface area contributed by atoms with Crippen molar-refractivity contribution in [2.75, 3.05) is 43.4 Å². The second kappa shape index (κ2) is 10.6. The van der Waals surface area contributed by atoms with Crippen LogP contribution in [0, 0.1) is 6.92 Å². The molecule has 1 aromatic carbocycles. The van der Waals surface area contributed by atoms with Crippen LogP contribution < -0.4 is 10.2 Å². The zero-order chi connectivity index (χ0) is 20.6. The summed E-state index contributed by atoms with van der Waals surface area (Å²) in [6, 6.07) is 10.1. The molecule has 0 saturated carbocycles. The van der Waals surface area contributed by atoms with Crippen molar-refractivity contribution in [3.05, 3.63) is 46.7 Å². The maximum Gasteiger partial charge on any atom is 0.226 e. The number of anilines is 2. The van der Waals surface area contributed by atoms with Gasteiger partial charge in [0.1, 0.15) is 5.69 Å². The lowest BCUT2D eigenvalue weighted by Gasteiger charge is -2.36. The molecule has 1 aromatic heterocycles. The van der Waals surface area contributed by atoms with Gasteiger partial charge in [0, 0.05) is 42.6 Å². The van der Waals surface area contributed by atoms with Crippen molar-refractivity contribution in [1.82, 2.24) is 14.9 Å². The maximum absolute atomic E-state index is 10.9. The topological polar surface area (TPSA) is 61.4 Å². The van der Waals surface area contributed by atoms with Crippen LogP contribution in [0.15, 0.2) is 30.3 Å². The van der Waals surface area contributed by atoms with Crippen molar-refractivity contribution >= 4 is 29.5 Å². The highest BCUT2D eigenvalue weighted by Crippen LogP contribution is 2.23. The number of benzene rings is 1. The van der Waals surface area contributed by atoms with E-state index in [4.69, 9.17) is 11.6 Å². The van der Waals surface area contributed by atoms with Crippen LogP contribution in [0.1, 0.15) is 41.9 Å². The summed E-state index contributed by atoms with van der Waals surface area (Å²) in [5.74, 6) is 0.715. The van der Waals surface area contributed by atoms with Crippen LogP contribution in [-0.2, 0) is 0 Å². The highest BCUT2D eigenvalue weighted by Gasteiger charge is 2.27. The number of nitrogens with one attached hydrogen (secondary N) is 1. The Hall–Kier alpha value is -2.18. The molecule has 2 aliphatic heterocycles. The summed E-state index contributed by atoms with van der Waals surface area (Å²) >= 11 is 5.68. The maximum atomic E-state index is 10.9. The highest BCUT2D eigenvalue weighted by molar-refractivity contribution is 6.30. The average molecular weight is 416 g/mol. The van der Waals surface area contributed by atoms with E-state index in [1.54, 1.807) is 6.07 Å². The summed E-state index contributed by atoms with van der Waals surface area (Å²) in [5, 5.41) is 3.75. The minimum Gasteiger partial charge on any atom is -0.388 e. The monoisotopic (exact) mass is 415 g/mol. The molecular weight excluding hydrogens is 386 g/mol. The summed E-state index contributed by atoms with van der Waals surface area (Å²) in [6.45, 7) is 6.42. The van der Waals surface area contributed by atoms with Gasteiger partial charge in [-0.3, -0.25) is 4.79 Å². The van der Waals surface area contributed by atoms with Crippen LogP contribution in [0.3, 0.4) is 0 Å². The van der Waals surface area contributed by atoms with Crippen LogP contribution in [-0.4, -0.2) is 60.4 Å². The van der Waals surface area contributed by atoms with E-state index in [2.05, 4.69) is 25.1 Å². The number of aryl methyl sites for hydroxylation is 1. The van der Waals surface area contributed by atoms with E-state index >= 15 is 0 Å². The van der Waals surface area contributed by atoms with E-state index in [9.17, 15) is 4.79 Å². The molecule has 0 spiro atoms. The number of carbonyl (C=O) groups is 1. The molecule has 0 amide bonds. The van der Waals surface area contributed by atoms with Gasteiger partial charge in [0.25, 0.3) is 0 Å². The molecule has 0 aliphatic carbocycles. The van der Waals surface area contributed by atoms with Crippen molar-refractivity contribution in [3.8, 4) is 0 Å². The van der Waals surface area contributed by atoms with E-state index in [1.807, 2.05) is 38.2 Å². The van der Waals surface area contributed by atoms with Gasteiger partial charge in [-0.25, -0.2) is 9.97 Å². The Kier molecular flexibility index (Phi) is 7.83. The normalized spacial score (nSPS) is 17.6. The van der Waals surface area contributed by atoms with Gasteiger partial charge in [0.2, 0.25) is 5.95 Å². The summed E-state index contributed by atoms with van der Waals surface area (Å²) in [6.07, 6.45) is 5.85. The summed E-state index contributed by atoms with van der Waals surface area (Å²) < 4.78 is 0. The molecule has 3 heterocycles. The quantitative estimate of drug-likeness (QED) is 0.760. The predicted molar refractivity (Wildman–Crippen MR) is 119 cm³/mol. The Balaban J connectivity index is 0.000000224. The summed E-state index contributed by atoms with van der Waals surface area (Å²) in [5.41, 5.74) is 2.38. The van der Waals surface area contributed by atoms with Gasteiger partial charge in [-0.15, -0.1) is 0 Å². The number of rotatable bonds is 4. The van der Waals surface area contributed by atoms with E-state index in [0.29, 0.717) is 11.6 Å². The number of piperidine rings is 1. The van der Waals surface area contributed by atoms with Gasteiger partial charge in [-0.2, -0.15) is 0 Å². The van der Waals surface area contributed by atoms with Gasteiger partial charge in [-0.05, 0) is 70.0 Å². The van der Waals surface area contributed by atoms with Crippen molar-refractivity contribution in [2.24, 2.45) is 0 Å². The van der Waals surface area contributed by atoms with Crippen molar-refractivity contribution < 1.29 is 4.79 Å². The second-order valence-corrected chi connectivity index (χ2v) is 8.01. The fraction of sp³-hybridized carbons (Fsp3) is 0.500. The molecule has 0 bridgehead atoms. The van der Waals surface area contributed by atoms with E-state index in [1.165, 1.54) is 38.8 Å². The number of hydrogen-bond donors (Lipinski definition) is 1. The standard InChI is InChI=1S/C15H22N4O.C7H8ClN/c1-12-10-13(11-20)17-15(16-12)19-8-4-14(5-9-19)18-6-2-3-7-18;1-9-7-4-2-3-6(8)5-7/h10-11,14H,2-9H2,1H3;2-5,9H,1H3. The second-order valence-electron chi connectivity index (χ2n) is 7.57. The lowest BCUT2D eigenvalue weighted by molar-refractivity contribution is 0.111. The molecule has 1 N–H and O–H groups in total. The third-order valence-corrected chi connectivity index (χ3v) is 5.74. The van der Waals surface area contributed by atoms with Crippen LogP contribution >= 0.6 is 11.6 Å². The van der Waals surface area contributed by atoms with Gasteiger partial charge in [-0.1, -0.05) is 17.7 Å². The minimum atomic E-state index is 0.481. The van der Waals surface area contributed by atoms with E-state index < -0.39 is 0 Å². The Labute approximate surface area is 178 Å². The molecule has 0 unspecified atom stereocenters. The summed E-state index contributed by atoms with van der Waals surface area (Å²) in [7, 11) is 1.87. The predicted octanol–water partition coefficient (Wildman–Crippen LogP) is 4.04. The first-order valence-corrected chi connectivity index (χ1v) is 10.7. The molecule has 0 radical (unpaired) electrons. The first-order valence-electron chi connectivity index (χ1n) is 10.3. The van der Waals surface area contributed by atoms with Crippen molar-refractivity contribution in [1.29, 1.82) is 0 Å². The first kappa shape index (κ1) is 21.5. The van der Waals surface area contributed by atoms with Crippen LogP contribution in [0.4, 0.5) is 11.6 Å². The largest absolute Gasteiger partial charge is 0.388 e. The lowest BCUT2D eigenvalue weighted by Crippen LogP contribution is -2.44. The Bertz CT molecular complexity index is 802.